The highest BCUT2D eigenvalue weighted by Gasteiger charge is 2.36. The molecule has 1 aromatic carbocycles. The van der Waals surface area contributed by atoms with Crippen LogP contribution in [0.15, 0.2) is 18.2 Å². The van der Waals surface area contributed by atoms with Gasteiger partial charge in [0.2, 0.25) is 5.91 Å². The summed E-state index contributed by atoms with van der Waals surface area (Å²) in [6, 6.07) is 6.21. The molecule has 1 aliphatic carbocycles. The molecule has 1 saturated carbocycles. The average Bonchev–Trinajstić information content (AvgIpc) is 2.97. The van der Waals surface area contributed by atoms with Crippen molar-refractivity contribution in [1.82, 2.24) is 4.98 Å². The Labute approximate surface area is 157 Å². The van der Waals surface area contributed by atoms with Crippen LogP contribution in [-0.4, -0.2) is 22.0 Å². The molecule has 1 amide bonds. The number of rotatable bonds is 4. The highest BCUT2D eigenvalue weighted by Crippen LogP contribution is 2.34. The van der Waals surface area contributed by atoms with Crippen LogP contribution < -0.4 is 5.32 Å². The Morgan fingerprint density at radius 1 is 1.12 bits per heavy atom. The molecule has 0 spiro atoms. The Hall–Kier alpha value is -2.21. The van der Waals surface area contributed by atoms with Gasteiger partial charge in [-0.3, -0.25) is 9.59 Å². The number of aromatic nitrogens is 1. The van der Waals surface area contributed by atoms with Gasteiger partial charge in [0.1, 0.15) is 0 Å². The highest BCUT2D eigenvalue weighted by atomic mass is 32.1. The number of carboxylic acids is 1. The van der Waals surface area contributed by atoms with Crippen molar-refractivity contribution in [1.29, 1.82) is 0 Å². The summed E-state index contributed by atoms with van der Waals surface area (Å²) in [5, 5.41) is 12.8. The predicted molar refractivity (Wildman–Crippen MR) is 103 cm³/mol. The van der Waals surface area contributed by atoms with E-state index in [1.807, 2.05) is 13.0 Å². The molecule has 138 valence electrons. The van der Waals surface area contributed by atoms with E-state index in [9.17, 15) is 14.7 Å². The number of aliphatic carboxylic acids is 1. The maximum atomic E-state index is 12.6. The van der Waals surface area contributed by atoms with Crippen LogP contribution in [-0.2, 0) is 9.59 Å². The molecule has 0 saturated heterocycles. The Balaban J connectivity index is 1.79. The topological polar surface area (TPSA) is 79.3 Å². The van der Waals surface area contributed by atoms with Crippen LogP contribution in [0.1, 0.15) is 41.7 Å². The summed E-state index contributed by atoms with van der Waals surface area (Å²) in [6.07, 6.45) is 2.95. The van der Waals surface area contributed by atoms with E-state index >= 15 is 0 Å². The molecule has 6 heteroatoms. The van der Waals surface area contributed by atoms with Gasteiger partial charge in [-0.25, -0.2) is 4.98 Å². The Bertz CT molecular complexity index is 844. The summed E-state index contributed by atoms with van der Waals surface area (Å²) >= 11 is 1.43. The molecule has 2 aromatic rings. The first-order valence-corrected chi connectivity index (χ1v) is 9.77. The fraction of sp³-hybridized carbons (Fsp3) is 0.450. The zero-order valence-corrected chi connectivity index (χ0v) is 16.2. The lowest BCUT2D eigenvalue weighted by molar-refractivity contribution is -0.147. The van der Waals surface area contributed by atoms with Gasteiger partial charge in [0, 0.05) is 10.4 Å². The van der Waals surface area contributed by atoms with Gasteiger partial charge in [0.15, 0.2) is 5.13 Å². The van der Waals surface area contributed by atoms with Crippen molar-refractivity contribution < 1.29 is 14.7 Å². The number of carbonyl (C=O) groups is 2. The van der Waals surface area contributed by atoms with E-state index < -0.39 is 17.8 Å². The largest absolute Gasteiger partial charge is 0.481 e. The second kappa shape index (κ2) is 7.58. The third kappa shape index (κ3) is 3.80. The van der Waals surface area contributed by atoms with Crippen molar-refractivity contribution in [2.75, 3.05) is 5.32 Å². The quantitative estimate of drug-likeness (QED) is 0.824. The maximum absolute atomic E-state index is 12.6. The van der Waals surface area contributed by atoms with Crippen LogP contribution in [0.25, 0.3) is 11.3 Å². The standard InChI is InChI=1S/C20H24N2O3S/c1-11-8-9-14(10-12(11)2)17-13(3)26-20(21-17)22-18(23)15-6-4-5-7-16(15)19(24)25/h8-10,15-16H,4-7H2,1-3H3,(H,24,25)(H,21,22,23)/t15-,16-/m1/s1. The number of hydrogen-bond acceptors (Lipinski definition) is 4. The molecule has 1 heterocycles. The second-order valence-electron chi connectivity index (χ2n) is 7.05. The predicted octanol–water partition coefficient (Wildman–Crippen LogP) is 4.56. The summed E-state index contributed by atoms with van der Waals surface area (Å²) < 4.78 is 0. The molecule has 0 bridgehead atoms. The zero-order chi connectivity index (χ0) is 18.8. The van der Waals surface area contributed by atoms with E-state index in [2.05, 4.69) is 36.3 Å². The molecule has 26 heavy (non-hydrogen) atoms. The lowest BCUT2D eigenvalue weighted by atomic mass is 9.79. The second-order valence-corrected chi connectivity index (χ2v) is 8.25. The summed E-state index contributed by atoms with van der Waals surface area (Å²) in [5.41, 5.74) is 4.33. The number of carboxylic acid groups (broad SMARTS) is 1. The molecule has 0 radical (unpaired) electrons. The number of benzene rings is 1. The Kier molecular flexibility index (Phi) is 5.41. The van der Waals surface area contributed by atoms with Crippen LogP contribution in [0.2, 0.25) is 0 Å². The molecular formula is C20H24N2O3S. The number of hydrogen-bond donors (Lipinski definition) is 2. The van der Waals surface area contributed by atoms with Crippen LogP contribution in [0.4, 0.5) is 5.13 Å². The van der Waals surface area contributed by atoms with Crippen molar-refractivity contribution in [3.63, 3.8) is 0 Å². The minimum absolute atomic E-state index is 0.225. The lowest BCUT2D eigenvalue weighted by Gasteiger charge is -2.26. The fourth-order valence-corrected chi connectivity index (χ4v) is 4.38. The van der Waals surface area contributed by atoms with E-state index in [1.54, 1.807) is 0 Å². The molecule has 1 aliphatic rings. The minimum atomic E-state index is -0.879. The monoisotopic (exact) mass is 372 g/mol. The van der Waals surface area contributed by atoms with E-state index in [1.165, 1.54) is 22.5 Å². The summed E-state index contributed by atoms with van der Waals surface area (Å²) in [5.74, 6) is -2.17. The molecule has 1 aromatic heterocycles. The molecule has 0 aliphatic heterocycles. The average molecular weight is 372 g/mol. The van der Waals surface area contributed by atoms with Crippen molar-refractivity contribution in [2.45, 2.75) is 46.5 Å². The van der Waals surface area contributed by atoms with Gasteiger partial charge in [-0.2, -0.15) is 0 Å². The highest BCUT2D eigenvalue weighted by molar-refractivity contribution is 7.16. The van der Waals surface area contributed by atoms with E-state index in [-0.39, 0.29) is 5.91 Å². The fourth-order valence-electron chi connectivity index (χ4n) is 3.54. The van der Waals surface area contributed by atoms with E-state index in [4.69, 9.17) is 0 Å². The maximum Gasteiger partial charge on any atom is 0.307 e. The number of anilines is 1. The first kappa shape index (κ1) is 18.6. The van der Waals surface area contributed by atoms with Crippen molar-refractivity contribution >= 4 is 28.3 Å². The van der Waals surface area contributed by atoms with Crippen LogP contribution in [0.3, 0.4) is 0 Å². The van der Waals surface area contributed by atoms with Gasteiger partial charge in [0.25, 0.3) is 0 Å². The molecule has 3 rings (SSSR count). The molecule has 2 N–H and O–H groups in total. The summed E-state index contributed by atoms with van der Waals surface area (Å²) in [4.78, 5) is 29.7. The number of carbonyl (C=O) groups excluding carboxylic acids is 1. The van der Waals surface area contributed by atoms with E-state index in [0.29, 0.717) is 18.0 Å². The number of aryl methyl sites for hydroxylation is 3. The van der Waals surface area contributed by atoms with Crippen molar-refractivity contribution in [2.24, 2.45) is 11.8 Å². The first-order chi connectivity index (χ1) is 12.4. The van der Waals surface area contributed by atoms with Crippen LogP contribution >= 0.6 is 11.3 Å². The molecular weight excluding hydrogens is 348 g/mol. The van der Waals surface area contributed by atoms with E-state index in [0.717, 1.165) is 29.0 Å². The molecule has 2 atom stereocenters. The van der Waals surface area contributed by atoms with Gasteiger partial charge in [-0.1, -0.05) is 25.0 Å². The molecule has 1 fully saturated rings. The third-order valence-electron chi connectivity index (χ3n) is 5.23. The Morgan fingerprint density at radius 2 is 1.81 bits per heavy atom. The van der Waals surface area contributed by atoms with Gasteiger partial charge in [-0.05, 0) is 50.8 Å². The normalized spacial score (nSPS) is 20.0. The third-order valence-corrected chi connectivity index (χ3v) is 6.11. The Morgan fingerprint density at radius 3 is 2.46 bits per heavy atom. The van der Waals surface area contributed by atoms with Crippen LogP contribution in [0, 0.1) is 32.6 Å². The summed E-state index contributed by atoms with van der Waals surface area (Å²) in [6.45, 7) is 6.12. The number of thiazole rings is 1. The molecule has 0 unspecified atom stereocenters. The van der Waals surface area contributed by atoms with Crippen molar-refractivity contribution in [3.8, 4) is 11.3 Å². The summed E-state index contributed by atoms with van der Waals surface area (Å²) in [7, 11) is 0. The van der Waals surface area contributed by atoms with Gasteiger partial charge < -0.3 is 10.4 Å². The number of nitrogens with zero attached hydrogens (tertiary/aromatic N) is 1. The van der Waals surface area contributed by atoms with Crippen molar-refractivity contribution in [3.05, 3.63) is 34.2 Å². The lowest BCUT2D eigenvalue weighted by Crippen LogP contribution is -2.36. The van der Waals surface area contributed by atoms with Crippen LogP contribution in [0.5, 0.6) is 0 Å². The smallest absolute Gasteiger partial charge is 0.307 e. The van der Waals surface area contributed by atoms with Gasteiger partial charge in [0.05, 0.1) is 17.5 Å². The van der Waals surface area contributed by atoms with Gasteiger partial charge in [-0.15, -0.1) is 11.3 Å². The minimum Gasteiger partial charge on any atom is -0.481 e. The number of nitrogens with one attached hydrogen (secondary N) is 1. The number of amides is 1. The SMILES string of the molecule is Cc1ccc(-c2nc(NC(=O)[C@@H]3CCCC[C@H]3C(=O)O)sc2C)cc1C. The molecule has 5 nitrogen and oxygen atoms in total. The first-order valence-electron chi connectivity index (χ1n) is 8.95. The van der Waals surface area contributed by atoms with Gasteiger partial charge >= 0.3 is 5.97 Å². The zero-order valence-electron chi connectivity index (χ0n) is 15.3.